The number of nitrogens with zero attached hydrogens (tertiary/aromatic N) is 2. The summed E-state index contributed by atoms with van der Waals surface area (Å²) in [6.45, 7) is 8.62. The van der Waals surface area contributed by atoms with Crippen LogP contribution in [0.5, 0.6) is 5.75 Å². The fourth-order valence-electron chi connectivity index (χ4n) is 3.11. The molecule has 0 atom stereocenters. The number of anilines is 1. The van der Waals surface area contributed by atoms with Crippen LogP contribution in [-0.2, 0) is 10.0 Å². The Labute approximate surface area is 188 Å². The second-order valence-corrected chi connectivity index (χ2v) is 10.2. The molecule has 0 saturated heterocycles. The topological polar surface area (TPSA) is 119 Å². The minimum atomic E-state index is -3.71. The largest absolute Gasteiger partial charge is 0.495 e. The number of ether oxygens (including phenoxy) is 1. The van der Waals surface area contributed by atoms with Crippen LogP contribution in [0.25, 0.3) is 0 Å². The highest BCUT2D eigenvalue weighted by molar-refractivity contribution is 7.89. The van der Waals surface area contributed by atoms with Gasteiger partial charge in [0.25, 0.3) is 11.6 Å². The molecule has 0 aromatic heterocycles. The van der Waals surface area contributed by atoms with Gasteiger partial charge in [0.05, 0.1) is 22.6 Å². The maximum atomic E-state index is 13.1. The number of methoxy groups -OCH3 is 1. The normalized spacial score (nSPS) is 11.8. The fourth-order valence-corrected chi connectivity index (χ4v) is 4.88. The number of hydrogen-bond acceptors (Lipinski definition) is 6. The van der Waals surface area contributed by atoms with E-state index in [0.717, 1.165) is 0 Å². The van der Waals surface area contributed by atoms with E-state index in [0.29, 0.717) is 13.1 Å². The molecule has 0 bridgehead atoms. The fraction of sp³-hybridized carbons (Fsp3) is 0.409. The Hall–Kier alpha value is -2.98. The van der Waals surface area contributed by atoms with E-state index in [2.05, 4.69) is 5.32 Å². The molecule has 2 aromatic carbocycles. The highest BCUT2D eigenvalue weighted by atomic mass is 32.2. The second kappa shape index (κ2) is 10.6. The number of sulfonamides is 1. The zero-order valence-electron chi connectivity index (χ0n) is 18.9. The van der Waals surface area contributed by atoms with Crippen molar-refractivity contribution in [2.75, 3.05) is 25.5 Å². The van der Waals surface area contributed by atoms with E-state index in [1.54, 1.807) is 0 Å². The molecule has 9 nitrogen and oxygen atoms in total. The number of nitro benzene ring substituents is 1. The summed E-state index contributed by atoms with van der Waals surface area (Å²) in [5, 5.41) is 13.6. The molecular weight excluding hydrogens is 434 g/mol. The zero-order valence-corrected chi connectivity index (χ0v) is 19.7. The van der Waals surface area contributed by atoms with Gasteiger partial charge in [-0.2, -0.15) is 4.31 Å². The molecule has 32 heavy (non-hydrogen) atoms. The first kappa shape index (κ1) is 25.3. The van der Waals surface area contributed by atoms with Crippen molar-refractivity contribution in [3.8, 4) is 5.75 Å². The van der Waals surface area contributed by atoms with Crippen molar-refractivity contribution < 1.29 is 22.9 Å². The van der Waals surface area contributed by atoms with Gasteiger partial charge in [-0.15, -0.1) is 0 Å². The van der Waals surface area contributed by atoms with E-state index in [1.807, 2.05) is 27.7 Å². The van der Waals surface area contributed by atoms with Crippen LogP contribution < -0.4 is 10.1 Å². The summed E-state index contributed by atoms with van der Waals surface area (Å²) in [4.78, 5) is 23.2. The monoisotopic (exact) mass is 463 g/mol. The molecule has 0 fully saturated rings. The molecule has 174 valence electrons. The Kier molecular flexibility index (Phi) is 8.34. The highest BCUT2D eigenvalue weighted by Gasteiger charge is 2.26. The molecule has 2 aromatic rings. The molecule has 10 heteroatoms. The molecule has 0 aliphatic carbocycles. The quantitative estimate of drug-likeness (QED) is 0.417. The molecule has 0 saturated carbocycles. The van der Waals surface area contributed by atoms with Crippen LogP contribution >= 0.6 is 0 Å². The van der Waals surface area contributed by atoms with E-state index in [9.17, 15) is 23.3 Å². The van der Waals surface area contributed by atoms with E-state index in [1.165, 1.54) is 53.9 Å². The molecule has 0 unspecified atom stereocenters. The third-order valence-electron chi connectivity index (χ3n) is 4.53. The van der Waals surface area contributed by atoms with Crippen LogP contribution in [0, 0.1) is 22.0 Å². The summed E-state index contributed by atoms with van der Waals surface area (Å²) < 4.78 is 32.8. The van der Waals surface area contributed by atoms with Crippen molar-refractivity contribution in [2.45, 2.75) is 32.6 Å². The smallest absolute Gasteiger partial charge is 0.271 e. The number of non-ortho nitro benzene ring substituents is 1. The average molecular weight is 464 g/mol. The number of rotatable bonds is 10. The van der Waals surface area contributed by atoms with E-state index < -0.39 is 20.9 Å². The summed E-state index contributed by atoms with van der Waals surface area (Å²) >= 11 is 0. The molecule has 0 spiro atoms. The predicted molar refractivity (Wildman–Crippen MR) is 122 cm³/mol. The number of hydrogen-bond donors (Lipinski definition) is 1. The van der Waals surface area contributed by atoms with Crippen molar-refractivity contribution >= 4 is 27.3 Å². The van der Waals surface area contributed by atoms with Crippen LogP contribution in [0.4, 0.5) is 11.4 Å². The Bertz CT molecular complexity index is 1060. The first-order chi connectivity index (χ1) is 14.9. The number of nitrogens with one attached hydrogen (secondary N) is 1. The van der Waals surface area contributed by atoms with Crippen molar-refractivity contribution in [3.05, 3.63) is 58.1 Å². The summed E-state index contributed by atoms with van der Waals surface area (Å²) in [5.74, 6) is 0.0482. The van der Waals surface area contributed by atoms with Gasteiger partial charge in [0.15, 0.2) is 0 Å². The second-order valence-electron chi connectivity index (χ2n) is 8.23. The van der Waals surface area contributed by atoms with Gasteiger partial charge in [0.2, 0.25) is 10.0 Å². The maximum absolute atomic E-state index is 13.1. The van der Waals surface area contributed by atoms with Crippen molar-refractivity contribution in [1.82, 2.24) is 4.31 Å². The Balaban J connectivity index is 2.27. The number of nitro groups is 1. The lowest BCUT2D eigenvalue weighted by atomic mass is 10.2. The minimum absolute atomic E-state index is 0.100. The third kappa shape index (κ3) is 6.27. The Morgan fingerprint density at radius 1 is 1.06 bits per heavy atom. The molecular formula is C22H29N3O6S. The van der Waals surface area contributed by atoms with Crippen molar-refractivity contribution in [1.29, 1.82) is 0 Å². The van der Waals surface area contributed by atoms with Crippen molar-refractivity contribution in [3.63, 3.8) is 0 Å². The number of carbonyl (C=O) groups excluding carboxylic acids is 1. The SMILES string of the molecule is COc1ccc([N+](=O)[O-])cc1NC(=O)c1ccc(S(=O)(=O)N(CC(C)C)CC(C)C)cc1. The standard InChI is InChI=1S/C22H29N3O6S/c1-15(2)13-24(14-16(3)4)32(29,30)19-9-6-17(7-10-19)22(26)23-20-12-18(25(27)28)8-11-21(20)31-5/h6-12,15-16H,13-14H2,1-5H3,(H,23,26). The maximum Gasteiger partial charge on any atom is 0.271 e. The van der Waals surface area contributed by atoms with E-state index in [4.69, 9.17) is 4.74 Å². The average Bonchev–Trinajstić information content (AvgIpc) is 2.72. The highest BCUT2D eigenvalue weighted by Crippen LogP contribution is 2.29. The number of carbonyl (C=O) groups is 1. The van der Waals surface area contributed by atoms with Gasteiger partial charge >= 0.3 is 0 Å². The van der Waals surface area contributed by atoms with Gasteiger partial charge in [-0.25, -0.2) is 8.42 Å². The van der Waals surface area contributed by atoms with Gasteiger partial charge in [-0.3, -0.25) is 14.9 Å². The molecule has 2 rings (SSSR count). The van der Waals surface area contributed by atoms with Gasteiger partial charge in [0.1, 0.15) is 5.75 Å². The van der Waals surface area contributed by atoms with Crippen LogP contribution in [0.1, 0.15) is 38.1 Å². The number of benzene rings is 2. The molecule has 0 aliphatic heterocycles. The molecule has 1 amide bonds. The van der Waals surface area contributed by atoms with E-state index in [-0.39, 0.29) is 39.4 Å². The molecule has 1 N–H and O–H groups in total. The molecule has 0 heterocycles. The summed E-state index contributed by atoms with van der Waals surface area (Å²) in [7, 11) is -2.33. The van der Waals surface area contributed by atoms with E-state index >= 15 is 0 Å². The lowest BCUT2D eigenvalue weighted by molar-refractivity contribution is -0.384. The van der Waals surface area contributed by atoms with Gasteiger partial charge < -0.3 is 10.1 Å². The number of amides is 1. The minimum Gasteiger partial charge on any atom is -0.495 e. The van der Waals surface area contributed by atoms with Crippen LogP contribution in [0.2, 0.25) is 0 Å². The van der Waals surface area contributed by atoms with Gasteiger partial charge in [-0.1, -0.05) is 27.7 Å². The summed E-state index contributed by atoms with van der Waals surface area (Å²) in [5.41, 5.74) is 0.151. The van der Waals surface area contributed by atoms with Gasteiger partial charge in [0, 0.05) is 30.8 Å². The summed E-state index contributed by atoms with van der Waals surface area (Å²) in [6.07, 6.45) is 0. The molecule has 0 aliphatic rings. The summed E-state index contributed by atoms with van der Waals surface area (Å²) in [6, 6.07) is 9.47. The van der Waals surface area contributed by atoms with Crippen molar-refractivity contribution in [2.24, 2.45) is 11.8 Å². The van der Waals surface area contributed by atoms with Crippen LogP contribution in [-0.4, -0.2) is 43.8 Å². The Morgan fingerprint density at radius 3 is 2.09 bits per heavy atom. The predicted octanol–water partition coefficient (Wildman–Crippen LogP) is 4.16. The lowest BCUT2D eigenvalue weighted by Crippen LogP contribution is -2.37. The Morgan fingerprint density at radius 2 is 1.62 bits per heavy atom. The lowest BCUT2D eigenvalue weighted by Gasteiger charge is -2.25. The molecule has 0 radical (unpaired) electrons. The van der Waals surface area contributed by atoms with Crippen LogP contribution in [0.3, 0.4) is 0 Å². The third-order valence-corrected chi connectivity index (χ3v) is 6.38. The first-order valence-electron chi connectivity index (χ1n) is 10.2. The van der Waals surface area contributed by atoms with Gasteiger partial charge in [-0.05, 0) is 42.2 Å². The van der Waals surface area contributed by atoms with Crippen LogP contribution in [0.15, 0.2) is 47.4 Å². The first-order valence-corrected chi connectivity index (χ1v) is 11.6. The zero-order chi connectivity index (χ0) is 24.1.